The average molecular weight is 340 g/mol. The van der Waals surface area contributed by atoms with Crippen LogP contribution in [0.4, 0.5) is 5.69 Å². The number of hydrogen-bond donors (Lipinski definition) is 1. The maximum Gasteiger partial charge on any atom is 0.228 e. The number of benzene rings is 3. The molecule has 1 heterocycles. The number of nitrogens with one attached hydrogen (secondary N) is 1. The smallest absolute Gasteiger partial charge is 0.228 e. The third-order valence-corrected chi connectivity index (χ3v) is 4.48. The highest BCUT2D eigenvalue weighted by molar-refractivity contribution is 5.96. The molecular formula is C23H20N2O. The van der Waals surface area contributed by atoms with Crippen LogP contribution in [0.5, 0.6) is 0 Å². The molecule has 0 saturated carbocycles. The maximum absolute atomic E-state index is 12.5. The molecule has 128 valence electrons. The number of fused-ring (bicyclic) bond motifs is 1. The summed E-state index contributed by atoms with van der Waals surface area (Å²) in [4.78, 5) is 12.5. The highest BCUT2D eigenvalue weighted by Gasteiger charge is 2.12. The zero-order valence-corrected chi connectivity index (χ0v) is 14.4. The number of nitrogens with zero attached hydrogens (tertiary/aromatic N) is 1. The summed E-state index contributed by atoms with van der Waals surface area (Å²) in [6.45, 7) is 0.793. The largest absolute Gasteiger partial charge is 0.343 e. The van der Waals surface area contributed by atoms with Crippen LogP contribution < -0.4 is 5.32 Å². The summed E-state index contributed by atoms with van der Waals surface area (Å²) in [7, 11) is 0. The van der Waals surface area contributed by atoms with Crippen molar-refractivity contribution in [3.05, 3.63) is 102 Å². The van der Waals surface area contributed by atoms with Crippen LogP contribution in [0.25, 0.3) is 10.9 Å². The average Bonchev–Trinajstić information content (AvgIpc) is 3.01. The Morgan fingerprint density at radius 3 is 2.23 bits per heavy atom. The fourth-order valence-electron chi connectivity index (χ4n) is 3.27. The van der Waals surface area contributed by atoms with Gasteiger partial charge in [0.15, 0.2) is 0 Å². The van der Waals surface area contributed by atoms with E-state index in [9.17, 15) is 4.79 Å². The van der Waals surface area contributed by atoms with Crippen molar-refractivity contribution >= 4 is 22.5 Å². The quantitative estimate of drug-likeness (QED) is 0.552. The molecule has 0 fully saturated rings. The van der Waals surface area contributed by atoms with Gasteiger partial charge in [-0.3, -0.25) is 4.79 Å². The van der Waals surface area contributed by atoms with E-state index in [4.69, 9.17) is 0 Å². The molecule has 0 aliphatic heterocycles. The van der Waals surface area contributed by atoms with Crippen molar-refractivity contribution in [2.45, 2.75) is 13.0 Å². The summed E-state index contributed by atoms with van der Waals surface area (Å²) in [6, 6.07) is 28.2. The second-order valence-corrected chi connectivity index (χ2v) is 6.38. The second-order valence-electron chi connectivity index (χ2n) is 6.38. The molecule has 26 heavy (non-hydrogen) atoms. The molecule has 1 aromatic heterocycles. The lowest BCUT2D eigenvalue weighted by molar-refractivity contribution is -0.115. The van der Waals surface area contributed by atoms with E-state index in [0.717, 1.165) is 28.7 Å². The number of aromatic nitrogens is 1. The molecule has 4 rings (SSSR count). The van der Waals surface area contributed by atoms with Crippen molar-refractivity contribution in [1.82, 2.24) is 4.57 Å². The maximum atomic E-state index is 12.5. The predicted molar refractivity (Wildman–Crippen MR) is 106 cm³/mol. The van der Waals surface area contributed by atoms with Crippen molar-refractivity contribution < 1.29 is 4.79 Å². The monoisotopic (exact) mass is 340 g/mol. The third kappa shape index (κ3) is 3.52. The van der Waals surface area contributed by atoms with Crippen molar-refractivity contribution in [2.75, 3.05) is 5.32 Å². The predicted octanol–water partition coefficient (Wildman–Crippen LogP) is 4.87. The van der Waals surface area contributed by atoms with Gasteiger partial charge >= 0.3 is 0 Å². The Balaban J connectivity index is 1.60. The topological polar surface area (TPSA) is 34.0 Å². The zero-order valence-electron chi connectivity index (χ0n) is 14.4. The molecule has 0 bridgehead atoms. The number of hydrogen-bond acceptors (Lipinski definition) is 1. The van der Waals surface area contributed by atoms with E-state index in [0.29, 0.717) is 6.42 Å². The van der Waals surface area contributed by atoms with Gasteiger partial charge in [0.25, 0.3) is 0 Å². The molecule has 0 aliphatic carbocycles. The number of carbonyl (C=O) groups is 1. The molecule has 3 heteroatoms. The summed E-state index contributed by atoms with van der Waals surface area (Å²) in [6.07, 6.45) is 2.46. The molecule has 0 atom stereocenters. The molecule has 0 aliphatic rings. The molecule has 1 N–H and O–H groups in total. The van der Waals surface area contributed by atoms with Gasteiger partial charge < -0.3 is 9.88 Å². The fourth-order valence-corrected chi connectivity index (χ4v) is 3.27. The lowest BCUT2D eigenvalue weighted by Crippen LogP contribution is -2.14. The lowest BCUT2D eigenvalue weighted by Gasteiger charge is -2.05. The first-order valence-corrected chi connectivity index (χ1v) is 8.75. The highest BCUT2D eigenvalue weighted by Crippen LogP contribution is 2.23. The summed E-state index contributed by atoms with van der Waals surface area (Å²) >= 11 is 0. The van der Waals surface area contributed by atoms with Crippen LogP contribution >= 0.6 is 0 Å². The number of carbonyl (C=O) groups excluding carboxylic acids is 1. The minimum Gasteiger partial charge on any atom is -0.343 e. The SMILES string of the molecule is O=C(Cc1cn(Cc2ccccc2)c2ccccc12)Nc1ccccc1. The van der Waals surface area contributed by atoms with Crippen LogP contribution in [0, 0.1) is 0 Å². The van der Waals surface area contributed by atoms with Crippen LogP contribution in [0.3, 0.4) is 0 Å². The number of rotatable bonds is 5. The van der Waals surface area contributed by atoms with E-state index in [2.05, 4.69) is 52.5 Å². The molecular weight excluding hydrogens is 320 g/mol. The molecule has 0 saturated heterocycles. The summed E-state index contributed by atoms with van der Waals surface area (Å²) in [5.74, 6) is -0.00110. The minimum absolute atomic E-state index is 0.00110. The number of anilines is 1. The van der Waals surface area contributed by atoms with Gasteiger partial charge in [-0.2, -0.15) is 0 Å². The van der Waals surface area contributed by atoms with Gasteiger partial charge in [-0.05, 0) is 29.3 Å². The van der Waals surface area contributed by atoms with Crippen LogP contribution in [0.1, 0.15) is 11.1 Å². The number of amides is 1. The number of para-hydroxylation sites is 2. The Hall–Kier alpha value is -3.33. The zero-order chi connectivity index (χ0) is 17.8. The standard InChI is InChI=1S/C23H20N2O/c26-23(24-20-11-5-2-6-12-20)15-19-17-25(16-18-9-3-1-4-10-18)22-14-8-7-13-21(19)22/h1-14,17H,15-16H2,(H,24,26). The Morgan fingerprint density at radius 1 is 0.808 bits per heavy atom. The summed E-state index contributed by atoms with van der Waals surface area (Å²) in [5.41, 5.74) is 4.27. The first-order chi connectivity index (χ1) is 12.8. The molecule has 0 radical (unpaired) electrons. The van der Waals surface area contributed by atoms with Crippen LogP contribution in [0.2, 0.25) is 0 Å². The normalized spacial score (nSPS) is 10.8. The molecule has 0 unspecified atom stereocenters. The van der Waals surface area contributed by atoms with Gasteiger partial charge in [0, 0.05) is 29.3 Å². The van der Waals surface area contributed by atoms with Crippen LogP contribution in [0.15, 0.2) is 91.1 Å². The van der Waals surface area contributed by atoms with E-state index >= 15 is 0 Å². The molecule has 3 nitrogen and oxygen atoms in total. The van der Waals surface area contributed by atoms with Gasteiger partial charge in [-0.15, -0.1) is 0 Å². The van der Waals surface area contributed by atoms with E-state index < -0.39 is 0 Å². The van der Waals surface area contributed by atoms with E-state index in [-0.39, 0.29) is 5.91 Å². The van der Waals surface area contributed by atoms with E-state index in [1.165, 1.54) is 5.56 Å². The molecule has 1 amide bonds. The van der Waals surface area contributed by atoms with E-state index in [1.54, 1.807) is 0 Å². The Kier molecular flexibility index (Phi) is 4.52. The van der Waals surface area contributed by atoms with Gasteiger partial charge in [-0.1, -0.05) is 66.7 Å². The minimum atomic E-state index is -0.00110. The second kappa shape index (κ2) is 7.28. The highest BCUT2D eigenvalue weighted by atomic mass is 16.1. The van der Waals surface area contributed by atoms with Crippen molar-refractivity contribution in [2.24, 2.45) is 0 Å². The van der Waals surface area contributed by atoms with E-state index in [1.807, 2.05) is 48.5 Å². The lowest BCUT2D eigenvalue weighted by atomic mass is 10.1. The van der Waals surface area contributed by atoms with Gasteiger partial charge in [0.05, 0.1) is 6.42 Å². The Labute approximate surface area is 152 Å². The first-order valence-electron chi connectivity index (χ1n) is 8.75. The fraction of sp³-hybridized carbons (Fsp3) is 0.0870. The van der Waals surface area contributed by atoms with Crippen molar-refractivity contribution in [1.29, 1.82) is 0 Å². The Morgan fingerprint density at radius 2 is 1.46 bits per heavy atom. The molecule has 0 spiro atoms. The van der Waals surface area contributed by atoms with Crippen molar-refractivity contribution in [3.8, 4) is 0 Å². The van der Waals surface area contributed by atoms with Gasteiger partial charge in [-0.25, -0.2) is 0 Å². The summed E-state index contributed by atoms with van der Waals surface area (Å²) in [5, 5.41) is 4.10. The molecule has 4 aromatic rings. The van der Waals surface area contributed by atoms with Crippen LogP contribution in [-0.4, -0.2) is 10.5 Å². The van der Waals surface area contributed by atoms with Crippen LogP contribution in [-0.2, 0) is 17.8 Å². The van der Waals surface area contributed by atoms with Crippen molar-refractivity contribution in [3.63, 3.8) is 0 Å². The van der Waals surface area contributed by atoms with Gasteiger partial charge in [0.2, 0.25) is 5.91 Å². The first kappa shape index (κ1) is 16.2. The molecule has 3 aromatic carbocycles. The summed E-state index contributed by atoms with van der Waals surface area (Å²) < 4.78 is 2.22. The van der Waals surface area contributed by atoms with Gasteiger partial charge in [0.1, 0.15) is 0 Å². The third-order valence-electron chi connectivity index (χ3n) is 4.48. The Bertz CT molecular complexity index is 1020.